The molecule has 0 saturated carbocycles. The zero-order valence-electron chi connectivity index (χ0n) is 8.60. The van der Waals surface area contributed by atoms with E-state index in [0.29, 0.717) is 6.04 Å². The minimum atomic E-state index is -0.239. The van der Waals surface area contributed by atoms with Gasteiger partial charge in [-0.3, -0.25) is 0 Å². The molecule has 0 radical (unpaired) electrons. The van der Waals surface area contributed by atoms with E-state index < -0.39 is 0 Å². The van der Waals surface area contributed by atoms with Crippen molar-refractivity contribution in [3.63, 3.8) is 0 Å². The maximum Gasteiger partial charge on any atom is 0.123 e. The highest BCUT2D eigenvalue weighted by Crippen LogP contribution is 2.23. The van der Waals surface area contributed by atoms with Gasteiger partial charge in [-0.05, 0) is 12.1 Å². The van der Waals surface area contributed by atoms with Gasteiger partial charge in [-0.1, -0.05) is 17.3 Å². The molecular formula is C11H11FN4. The van der Waals surface area contributed by atoms with Gasteiger partial charge in [-0.15, -0.1) is 5.10 Å². The number of nitrogens with one attached hydrogen (secondary N) is 1. The largest absolute Gasteiger partial charge is 0.312 e. The Morgan fingerprint density at radius 3 is 2.94 bits per heavy atom. The lowest BCUT2D eigenvalue weighted by Crippen LogP contribution is -2.44. The molecule has 0 spiro atoms. The van der Waals surface area contributed by atoms with Crippen molar-refractivity contribution in [3.8, 4) is 11.3 Å². The lowest BCUT2D eigenvalue weighted by molar-refractivity contribution is 0.315. The average Bonchev–Trinajstić information content (AvgIpc) is 2.64. The lowest BCUT2D eigenvalue weighted by Gasteiger charge is -2.28. The summed E-state index contributed by atoms with van der Waals surface area (Å²) in [7, 11) is 0. The topological polar surface area (TPSA) is 42.7 Å². The number of rotatable bonds is 2. The van der Waals surface area contributed by atoms with Gasteiger partial charge in [0, 0.05) is 18.7 Å². The maximum absolute atomic E-state index is 13.1. The smallest absolute Gasteiger partial charge is 0.123 e. The first-order valence-corrected chi connectivity index (χ1v) is 5.21. The Bertz CT molecular complexity index is 504. The molecule has 0 aliphatic carbocycles. The number of nitrogens with zero attached hydrogens (tertiary/aromatic N) is 3. The molecule has 0 amide bonds. The maximum atomic E-state index is 13.1. The van der Waals surface area contributed by atoms with E-state index in [2.05, 4.69) is 15.6 Å². The molecule has 1 aliphatic heterocycles. The minimum absolute atomic E-state index is 0.239. The Morgan fingerprint density at radius 2 is 2.25 bits per heavy atom. The molecule has 16 heavy (non-hydrogen) atoms. The molecule has 1 aromatic heterocycles. The summed E-state index contributed by atoms with van der Waals surface area (Å²) >= 11 is 0. The Balaban J connectivity index is 2.02. The van der Waals surface area contributed by atoms with Crippen LogP contribution in [0.2, 0.25) is 0 Å². The molecule has 2 aromatic rings. The Labute approximate surface area is 92.1 Å². The first kappa shape index (κ1) is 9.47. The minimum Gasteiger partial charge on any atom is -0.312 e. The first-order valence-electron chi connectivity index (χ1n) is 5.21. The Hall–Kier alpha value is -1.75. The van der Waals surface area contributed by atoms with Gasteiger partial charge in [-0.2, -0.15) is 0 Å². The number of hydrogen-bond acceptors (Lipinski definition) is 3. The van der Waals surface area contributed by atoms with Crippen LogP contribution >= 0.6 is 0 Å². The van der Waals surface area contributed by atoms with Crippen LogP contribution in [0.25, 0.3) is 11.3 Å². The van der Waals surface area contributed by atoms with Crippen molar-refractivity contribution in [2.45, 2.75) is 6.04 Å². The van der Waals surface area contributed by atoms with Gasteiger partial charge in [0.05, 0.1) is 17.9 Å². The van der Waals surface area contributed by atoms with Crippen LogP contribution < -0.4 is 5.32 Å². The van der Waals surface area contributed by atoms with Gasteiger partial charge in [-0.25, -0.2) is 9.07 Å². The third-order valence-electron chi connectivity index (χ3n) is 2.80. The van der Waals surface area contributed by atoms with Gasteiger partial charge in [0.15, 0.2) is 0 Å². The van der Waals surface area contributed by atoms with E-state index in [4.69, 9.17) is 0 Å². The number of hydrogen-bond donors (Lipinski definition) is 1. The van der Waals surface area contributed by atoms with Crippen LogP contribution in [0.5, 0.6) is 0 Å². The van der Waals surface area contributed by atoms with Crippen molar-refractivity contribution >= 4 is 0 Å². The lowest BCUT2D eigenvalue weighted by atomic mass is 10.1. The SMILES string of the molecule is Fc1cccc(-c2cnnn2C2CNC2)c1. The molecule has 3 rings (SSSR count). The molecule has 1 saturated heterocycles. The highest BCUT2D eigenvalue weighted by atomic mass is 19.1. The van der Waals surface area contributed by atoms with E-state index in [0.717, 1.165) is 24.3 Å². The summed E-state index contributed by atoms with van der Waals surface area (Å²) in [5, 5.41) is 11.1. The average molecular weight is 218 g/mol. The van der Waals surface area contributed by atoms with Crippen molar-refractivity contribution in [3.05, 3.63) is 36.3 Å². The number of aromatic nitrogens is 3. The summed E-state index contributed by atoms with van der Waals surface area (Å²) in [6, 6.07) is 6.83. The normalized spacial score (nSPS) is 16.1. The summed E-state index contributed by atoms with van der Waals surface area (Å²) in [6.45, 7) is 1.79. The van der Waals surface area contributed by atoms with Gasteiger partial charge in [0.2, 0.25) is 0 Å². The third kappa shape index (κ3) is 1.49. The number of benzene rings is 1. The molecule has 2 heterocycles. The van der Waals surface area contributed by atoms with E-state index in [1.165, 1.54) is 12.1 Å². The summed E-state index contributed by atoms with van der Waals surface area (Å²) in [6.07, 6.45) is 1.67. The number of halogens is 1. The molecule has 5 heteroatoms. The zero-order chi connectivity index (χ0) is 11.0. The highest BCUT2D eigenvalue weighted by Gasteiger charge is 2.22. The summed E-state index contributed by atoms with van der Waals surface area (Å²) in [5.41, 5.74) is 1.68. The van der Waals surface area contributed by atoms with Crippen LogP contribution in [-0.2, 0) is 0 Å². The van der Waals surface area contributed by atoms with Crippen LogP contribution in [-0.4, -0.2) is 28.1 Å². The second-order valence-electron chi connectivity index (χ2n) is 3.89. The summed E-state index contributed by atoms with van der Waals surface area (Å²) < 4.78 is 15.0. The van der Waals surface area contributed by atoms with Crippen LogP contribution in [0.15, 0.2) is 30.5 Å². The standard InChI is InChI=1S/C11H11FN4/c12-9-3-1-2-8(4-9)11-7-14-15-16(11)10-5-13-6-10/h1-4,7,10,13H,5-6H2. The molecule has 0 atom stereocenters. The van der Waals surface area contributed by atoms with E-state index in [-0.39, 0.29) is 5.82 Å². The predicted molar refractivity (Wildman–Crippen MR) is 57.3 cm³/mol. The molecule has 1 fully saturated rings. The molecular weight excluding hydrogens is 207 g/mol. The van der Waals surface area contributed by atoms with Gasteiger partial charge in [0.1, 0.15) is 5.82 Å². The molecule has 0 unspecified atom stereocenters. The van der Waals surface area contributed by atoms with Gasteiger partial charge < -0.3 is 5.32 Å². The molecule has 1 aromatic carbocycles. The molecule has 1 aliphatic rings. The third-order valence-corrected chi connectivity index (χ3v) is 2.80. The van der Waals surface area contributed by atoms with Crippen molar-refractivity contribution < 1.29 is 4.39 Å². The predicted octanol–water partition coefficient (Wildman–Crippen LogP) is 1.23. The summed E-state index contributed by atoms with van der Waals surface area (Å²) in [4.78, 5) is 0. The quantitative estimate of drug-likeness (QED) is 0.824. The summed E-state index contributed by atoms with van der Waals surface area (Å²) in [5.74, 6) is -0.239. The van der Waals surface area contributed by atoms with Crippen LogP contribution in [0.1, 0.15) is 6.04 Å². The van der Waals surface area contributed by atoms with Crippen LogP contribution in [0, 0.1) is 5.82 Å². The van der Waals surface area contributed by atoms with E-state index in [1.807, 2.05) is 10.7 Å². The molecule has 0 bridgehead atoms. The van der Waals surface area contributed by atoms with Crippen LogP contribution in [0.3, 0.4) is 0 Å². The fourth-order valence-electron chi connectivity index (χ4n) is 1.81. The van der Waals surface area contributed by atoms with Crippen LogP contribution in [0.4, 0.5) is 4.39 Å². The van der Waals surface area contributed by atoms with Crippen molar-refractivity contribution in [2.75, 3.05) is 13.1 Å². The van der Waals surface area contributed by atoms with Crippen molar-refractivity contribution in [1.82, 2.24) is 20.3 Å². The highest BCUT2D eigenvalue weighted by molar-refractivity contribution is 5.58. The fourth-order valence-corrected chi connectivity index (χ4v) is 1.81. The van der Waals surface area contributed by atoms with Crippen molar-refractivity contribution in [1.29, 1.82) is 0 Å². The van der Waals surface area contributed by atoms with Crippen molar-refractivity contribution in [2.24, 2.45) is 0 Å². The van der Waals surface area contributed by atoms with Gasteiger partial charge in [0.25, 0.3) is 0 Å². The fraction of sp³-hybridized carbons (Fsp3) is 0.273. The second-order valence-corrected chi connectivity index (χ2v) is 3.89. The first-order chi connectivity index (χ1) is 7.84. The van der Waals surface area contributed by atoms with Gasteiger partial charge >= 0.3 is 0 Å². The van der Waals surface area contributed by atoms with E-state index in [9.17, 15) is 4.39 Å². The molecule has 1 N–H and O–H groups in total. The van der Waals surface area contributed by atoms with E-state index >= 15 is 0 Å². The van der Waals surface area contributed by atoms with E-state index in [1.54, 1.807) is 12.3 Å². The monoisotopic (exact) mass is 218 g/mol. The Morgan fingerprint density at radius 1 is 1.38 bits per heavy atom. The molecule has 4 nitrogen and oxygen atoms in total. The zero-order valence-corrected chi connectivity index (χ0v) is 8.60. The second kappa shape index (κ2) is 3.68. The molecule has 82 valence electrons. The Kier molecular flexibility index (Phi) is 2.18.